The van der Waals surface area contributed by atoms with Crippen LogP contribution in [0.15, 0.2) is 72.8 Å². The fourth-order valence-electron chi connectivity index (χ4n) is 3.24. The molecule has 24 heavy (non-hydrogen) atoms. The van der Waals surface area contributed by atoms with Crippen molar-refractivity contribution in [3.63, 3.8) is 0 Å². The van der Waals surface area contributed by atoms with Crippen LogP contribution >= 0.6 is 0 Å². The summed E-state index contributed by atoms with van der Waals surface area (Å²) in [6.07, 6.45) is 0. The average Bonchev–Trinajstić information content (AvgIpc) is 2.62. The summed E-state index contributed by atoms with van der Waals surface area (Å²) >= 11 is -2.54. The Morgan fingerprint density at radius 2 is 1.38 bits per heavy atom. The van der Waals surface area contributed by atoms with Crippen LogP contribution in [-0.2, 0) is 0 Å². The number of fused-ring (bicyclic) bond motifs is 2. The monoisotopic (exact) mass is 492 g/mol. The Balaban J connectivity index is 0.00000169. The summed E-state index contributed by atoms with van der Waals surface area (Å²) in [5.41, 5.74) is 2.42. The van der Waals surface area contributed by atoms with E-state index in [1.807, 2.05) is 18.2 Å². The van der Waals surface area contributed by atoms with Crippen molar-refractivity contribution in [2.24, 2.45) is 0 Å². The second-order valence-electron chi connectivity index (χ2n) is 5.75. The van der Waals surface area contributed by atoms with E-state index in [4.69, 9.17) is 9.47 Å². The van der Waals surface area contributed by atoms with E-state index >= 15 is 0 Å². The Hall–Kier alpha value is -1.45. The normalized spacial score (nSPS) is 13.8. The first-order chi connectivity index (χ1) is 11.2. The van der Waals surface area contributed by atoms with Crippen molar-refractivity contribution in [3.8, 4) is 17.2 Å². The zero-order chi connectivity index (χ0) is 15.9. The molecule has 122 valence electrons. The average molecular weight is 492 g/mol. The predicted octanol–water partition coefficient (Wildman–Crippen LogP) is -0.0951. The molecule has 0 unspecified atom stereocenters. The number of para-hydroxylation sites is 2. The van der Waals surface area contributed by atoms with Crippen LogP contribution in [0.3, 0.4) is 0 Å². The van der Waals surface area contributed by atoms with Crippen molar-refractivity contribution in [2.75, 3.05) is 7.11 Å². The van der Waals surface area contributed by atoms with Gasteiger partial charge < -0.3 is 24.0 Å². The van der Waals surface area contributed by atoms with Gasteiger partial charge in [0.2, 0.25) is 0 Å². The Kier molecular flexibility index (Phi) is 4.93. The first kappa shape index (κ1) is 17.4. The molecule has 0 saturated heterocycles. The number of hydrogen-bond donors (Lipinski definition) is 0. The minimum Gasteiger partial charge on any atom is -1.00 e. The maximum absolute atomic E-state index is 6.16. The maximum atomic E-state index is 6.16. The minimum absolute atomic E-state index is 0. The molecule has 3 aromatic rings. The Bertz CT molecular complexity index is 833. The third kappa shape index (κ3) is 2.64. The van der Waals surface area contributed by atoms with E-state index in [1.54, 1.807) is 7.11 Å². The Labute approximate surface area is 162 Å². The first-order valence-electron chi connectivity index (χ1n) is 7.61. The summed E-state index contributed by atoms with van der Waals surface area (Å²) in [4.78, 5) is 0. The summed E-state index contributed by atoms with van der Waals surface area (Å²) in [5, 5.41) is 0. The molecule has 1 heterocycles. The number of hydrogen-bond acceptors (Lipinski definition) is 2. The molecule has 0 fully saturated rings. The Morgan fingerprint density at radius 3 is 1.96 bits per heavy atom. The number of halogens is 1. The van der Waals surface area contributed by atoms with Crippen LogP contribution < -0.4 is 46.5 Å². The zero-order valence-electron chi connectivity index (χ0n) is 13.6. The van der Waals surface area contributed by atoms with Crippen LogP contribution in [0.1, 0.15) is 0 Å². The van der Waals surface area contributed by atoms with Crippen molar-refractivity contribution in [3.05, 3.63) is 72.8 Å². The van der Waals surface area contributed by atoms with Gasteiger partial charge >= 0.3 is 139 Å². The van der Waals surface area contributed by atoms with Crippen LogP contribution in [0, 0.1) is 0 Å². The van der Waals surface area contributed by atoms with E-state index in [-0.39, 0.29) is 24.0 Å². The molecule has 0 atom stereocenters. The molecule has 0 bridgehead atoms. The van der Waals surface area contributed by atoms with E-state index < -0.39 is 13.6 Å². The molecule has 4 heteroatoms. The van der Waals surface area contributed by atoms with E-state index in [0.717, 1.165) is 17.2 Å². The van der Waals surface area contributed by atoms with E-state index in [1.165, 1.54) is 13.1 Å². The molecule has 4 rings (SSSR count). The molecular weight excluding hydrogens is 474 g/mol. The SMILES string of the molecule is COc1cccc([As+]2(C)c3ccccc3Oc3ccccc32)c1.[I-]. The molecule has 0 saturated carbocycles. The van der Waals surface area contributed by atoms with Crippen molar-refractivity contribution < 1.29 is 33.5 Å². The van der Waals surface area contributed by atoms with Crippen molar-refractivity contribution in [1.82, 2.24) is 0 Å². The van der Waals surface area contributed by atoms with Gasteiger partial charge in [0.15, 0.2) is 0 Å². The van der Waals surface area contributed by atoms with E-state index in [9.17, 15) is 0 Å². The molecule has 0 radical (unpaired) electrons. The fourth-order valence-corrected chi connectivity index (χ4v) is 10.5. The molecule has 0 N–H and O–H groups in total. The van der Waals surface area contributed by atoms with Crippen molar-refractivity contribution >= 4 is 26.6 Å². The zero-order valence-corrected chi connectivity index (χ0v) is 17.6. The summed E-state index contributed by atoms with van der Waals surface area (Å²) in [7, 11) is 1.72. The third-order valence-electron chi connectivity index (χ3n) is 4.48. The third-order valence-corrected chi connectivity index (χ3v) is 12.8. The molecule has 2 nitrogen and oxygen atoms in total. The topological polar surface area (TPSA) is 18.5 Å². The number of benzene rings is 3. The van der Waals surface area contributed by atoms with E-state index in [2.05, 4.69) is 60.3 Å². The second kappa shape index (κ2) is 6.81. The van der Waals surface area contributed by atoms with Crippen LogP contribution in [0.5, 0.6) is 17.2 Å². The van der Waals surface area contributed by atoms with Gasteiger partial charge in [0.05, 0.1) is 0 Å². The van der Waals surface area contributed by atoms with Crippen LogP contribution in [0.4, 0.5) is 0 Å². The van der Waals surface area contributed by atoms with Gasteiger partial charge in [-0.05, 0) is 0 Å². The van der Waals surface area contributed by atoms with Gasteiger partial charge in [-0.3, -0.25) is 0 Å². The van der Waals surface area contributed by atoms with Gasteiger partial charge in [-0.15, -0.1) is 0 Å². The van der Waals surface area contributed by atoms with E-state index in [0.29, 0.717) is 0 Å². The summed E-state index contributed by atoms with van der Waals surface area (Å²) in [5.74, 6) is 2.89. The summed E-state index contributed by atoms with van der Waals surface area (Å²) in [6.45, 7) is 0. The molecule has 0 amide bonds. The van der Waals surface area contributed by atoms with Gasteiger partial charge in [0.25, 0.3) is 0 Å². The molecule has 0 spiro atoms. The second-order valence-corrected chi connectivity index (χ2v) is 13.1. The minimum atomic E-state index is -2.54. The smallest absolute Gasteiger partial charge is 1.00 e. The van der Waals surface area contributed by atoms with Crippen LogP contribution in [0.25, 0.3) is 0 Å². The fraction of sp³-hybridized carbons (Fsp3) is 0.100. The van der Waals surface area contributed by atoms with Crippen LogP contribution in [0.2, 0.25) is 5.71 Å². The predicted molar refractivity (Wildman–Crippen MR) is 96.5 cm³/mol. The number of ether oxygens (including phenoxy) is 2. The largest absolute Gasteiger partial charge is 1.00 e. The summed E-state index contributed by atoms with van der Waals surface area (Å²) in [6, 6.07) is 25.4. The summed E-state index contributed by atoms with van der Waals surface area (Å²) < 4.78 is 15.7. The van der Waals surface area contributed by atoms with Gasteiger partial charge in [0.1, 0.15) is 0 Å². The van der Waals surface area contributed by atoms with Crippen molar-refractivity contribution in [1.29, 1.82) is 0 Å². The number of rotatable bonds is 2. The van der Waals surface area contributed by atoms with Gasteiger partial charge in [-0.25, -0.2) is 0 Å². The van der Waals surface area contributed by atoms with Gasteiger partial charge in [-0.2, -0.15) is 0 Å². The standard InChI is InChI=1S/C20H18AsO2.HI/c1-21(15-8-7-9-16(14-15)22-2)17-10-3-5-12-19(17)23-20-13-6-4-11-18(20)21;/h3-14H,1-2H3;1H/q+1;/p-1. The molecule has 0 aliphatic carbocycles. The first-order valence-corrected chi connectivity index (χ1v) is 12.3. The maximum Gasteiger partial charge on any atom is -1.00 e. The van der Waals surface area contributed by atoms with Gasteiger partial charge in [-0.1, -0.05) is 0 Å². The Morgan fingerprint density at radius 1 is 0.792 bits per heavy atom. The molecule has 1 aliphatic heterocycles. The quantitative estimate of drug-likeness (QED) is 0.368. The molecule has 1 aliphatic rings. The molecule has 3 aromatic carbocycles. The molecule has 0 aromatic heterocycles. The van der Waals surface area contributed by atoms with Gasteiger partial charge in [0, 0.05) is 0 Å². The molecular formula is C20H18AsIO2. The number of methoxy groups -OCH3 is 1. The van der Waals surface area contributed by atoms with Crippen molar-refractivity contribution in [2.45, 2.75) is 5.71 Å². The van der Waals surface area contributed by atoms with Crippen LogP contribution in [-0.4, -0.2) is 20.7 Å².